The quantitative estimate of drug-likeness (QED) is 0.131. The van der Waals surface area contributed by atoms with Gasteiger partial charge in [-0.2, -0.15) is 0 Å². The molecule has 0 aliphatic carbocycles. The first-order valence-corrected chi connectivity index (χ1v) is 12.7. The second kappa shape index (κ2) is 11.0. The van der Waals surface area contributed by atoms with Gasteiger partial charge >= 0.3 is 5.91 Å². The number of methoxy groups -OCH3 is 1. The van der Waals surface area contributed by atoms with Crippen LogP contribution < -0.4 is 14.4 Å². The molecule has 1 saturated heterocycles. The van der Waals surface area contributed by atoms with Gasteiger partial charge in [0, 0.05) is 12.5 Å². The van der Waals surface area contributed by atoms with E-state index in [9.17, 15) is 19.5 Å². The zero-order valence-electron chi connectivity index (χ0n) is 21.1. The molecule has 1 aliphatic rings. The Kier molecular flexibility index (Phi) is 7.73. The lowest BCUT2D eigenvalue weighted by molar-refractivity contribution is -0.132. The van der Waals surface area contributed by atoms with Crippen LogP contribution in [0.3, 0.4) is 0 Å². The highest BCUT2D eigenvalue weighted by molar-refractivity contribution is 7.18. The first kappa shape index (κ1) is 26.1. The number of hydrogen-bond acceptors (Lipinski definition) is 8. The van der Waals surface area contributed by atoms with Crippen LogP contribution in [-0.4, -0.2) is 41.3 Å². The van der Waals surface area contributed by atoms with Crippen LogP contribution in [0, 0.1) is 6.92 Å². The molecule has 0 bridgehead atoms. The second-order valence-corrected chi connectivity index (χ2v) is 9.61. The van der Waals surface area contributed by atoms with Crippen LogP contribution in [0.4, 0.5) is 5.13 Å². The number of amides is 1. The van der Waals surface area contributed by atoms with Gasteiger partial charge in [-0.05, 0) is 55.3 Å². The second-order valence-electron chi connectivity index (χ2n) is 8.64. The van der Waals surface area contributed by atoms with Gasteiger partial charge in [-0.3, -0.25) is 19.3 Å². The number of aliphatic hydroxyl groups excluding tert-OH is 1. The maximum atomic E-state index is 13.3. The van der Waals surface area contributed by atoms with Crippen molar-refractivity contribution in [3.63, 3.8) is 0 Å². The van der Waals surface area contributed by atoms with Crippen molar-refractivity contribution in [3.8, 4) is 11.5 Å². The molecule has 2 heterocycles. The molecule has 9 heteroatoms. The fraction of sp³-hybridized carbons (Fsp3) is 0.286. The summed E-state index contributed by atoms with van der Waals surface area (Å²) in [7, 11) is 1.53. The fourth-order valence-corrected chi connectivity index (χ4v) is 5.13. The zero-order valence-corrected chi connectivity index (χ0v) is 21.9. The molecular weight excluding hydrogens is 492 g/mol. The Labute approximate surface area is 219 Å². The third-order valence-electron chi connectivity index (χ3n) is 6.08. The highest BCUT2D eigenvalue weighted by atomic mass is 32.1. The summed E-state index contributed by atoms with van der Waals surface area (Å²) in [6.45, 7) is 5.77. The molecule has 0 radical (unpaired) electrons. The number of thiazole rings is 1. The summed E-state index contributed by atoms with van der Waals surface area (Å²) in [5.74, 6) is -0.903. The minimum absolute atomic E-state index is 0.0629. The summed E-state index contributed by atoms with van der Waals surface area (Å²) < 4.78 is 10.9. The van der Waals surface area contributed by atoms with Crippen LogP contribution in [0.1, 0.15) is 59.2 Å². The summed E-state index contributed by atoms with van der Waals surface area (Å²) >= 11 is 1.05. The highest BCUT2D eigenvalue weighted by Crippen LogP contribution is 2.44. The van der Waals surface area contributed by atoms with E-state index < -0.39 is 17.7 Å². The average Bonchev–Trinajstić information content (AvgIpc) is 3.41. The Bertz CT molecular complexity index is 1360. The topological polar surface area (TPSA) is 106 Å². The van der Waals surface area contributed by atoms with E-state index >= 15 is 0 Å². The van der Waals surface area contributed by atoms with E-state index in [-0.39, 0.29) is 22.2 Å². The molecule has 1 atom stereocenters. The van der Waals surface area contributed by atoms with Crippen LogP contribution in [0.15, 0.2) is 54.1 Å². The number of rotatable bonds is 9. The van der Waals surface area contributed by atoms with Crippen LogP contribution >= 0.6 is 11.3 Å². The van der Waals surface area contributed by atoms with Crippen LogP contribution in [0.25, 0.3) is 5.76 Å². The number of unbranched alkanes of at least 4 members (excludes halogenated alkanes) is 1. The minimum atomic E-state index is -0.947. The molecule has 8 nitrogen and oxygen atoms in total. The van der Waals surface area contributed by atoms with Gasteiger partial charge in [-0.15, -0.1) is 0 Å². The summed E-state index contributed by atoms with van der Waals surface area (Å²) in [6, 6.07) is 12.7. The molecule has 37 heavy (non-hydrogen) atoms. The van der Waals surface area contributed by atoms with Crippen LogP contribution in [0.2, 0.25) is 0 Å². The number of carbonyl (C=O) groups excluding carboxylic acids is 3. The number of nitrogens with zero attached hydrogens (tertiary/aromatic N) is 2. The number of Topliss-reactive ketones (excluding diaryl/α,β-unsaturated/α-hetero) is 2. The molecule has 0 spiro atoms. The molecule has 1 N–H and O–H groups in total. The van der Waals surface area contributed by atoms with Crippen molar-refractivity contribution >= 4 is 39.7 Å². The first-order valence-electron chi connectivity index (χ1n) is 11.9. The predicted molar refractivity (Wildman–Crippen MR) is 141 cm³/mol. The number of aromatic nitrogens is 1. The van der Waals surface area contributed by atoms with Gasteiger partial charge in [0.25, 0.3) is 5.78 Å². The predicted octanol–water partition coefficient (Wildman–Crippen LogP) is 5.47. The minimum Gasteiger partial charge on any atom is -0.507 e. The zero-order chi connectivity index (χ0) is 26.7. The van der Waals surface area contributed by atoms with Gasteiger partial charge in [-0.25, -0.2) is 4.98 Å². The van der Waals surface area contributed by atoms with Gasteiger partial charge < -0.3 is 14.6 Å². The molecule has 1 unspecified atom stereocenters. The molecule has 1 amide bonds. The number of anilines is 1. The van der Waals surface area contributed by atoms with Crippen LogP contribution in [-0.2, 0) is 9.59 Å². The van der Waals surface area contributed by atoms with E-state index in [4.69, 9.17) is 9.47 Å². The van der Waals surface area contributed by atoms with Crippen molar-refractivity contribution < 1.29 is 29.0 Å². The van der Waals surface area contributed by atoms with E-state index in [0.717, 1.165) is 24.2 Å². The molecule has 1 fully saturated rings. The van der Waals surface area contributed by atoms with Gasteiger partial charge in [0.15, 0.2) is 10.9 Å². The number of ether oxygens (including phenoxy) is 2. The number of aryl methyl sites for hydroxylation is 1. The lowest BCUT2D eigenvalue weighted by atomic mass is 9.95. The lowest BCUT2D eigenvalue weighted by Gasteiger charge is -2.23. The molecule has 4 rings (SSSR count). The Hall–Kier alpha value is -3.98. The molecular formula is C28H28N2O6S. The first-order chi connectivity index (χ1) is 17.8. The Morgan fingerprint density at radius 3 is 2.30 bits per heavy atom. The average molecular weight is 521 g/mol. The third kappa shape index (κ3) is 5.13. The standard InChI is InChI=1S/C28H28N2O6S/c1-5-6-15-36-21-13-7-18(8-14-21)23-22(24(32)19-9-11-20(35-4)12-10-19)25(33)27(34)30(23)28-29-16(2)26(37-28)17(3)31/h7-14,23,32H,5-6,15H2,1-4H3/b24-22-. The van der Waals surface area contributed by atoms with Crippen molar-refractivity contribution in [2.24, 2.45) is 0 Å². The largest absolute Gasteiger partial charge is 0.507 e. The molecule has 2 aromatic carbocycles. The highest BCUT2D eigenvalue weighted by Gasteiger charge is 2.48. The van der Waals surface area contributed by atoms with E-state index in [1.165, 1.54) is 18.9 Å². The Balaban J connectivity index is 1.84. The number of ketones is 2. The van der Waals surface area contributed by atoms with Crippen molar-refractivity contribution in [1.29, 1.82) is 0 Å². The summed E-state index contributed by atoms with van der Waals surface area (Å²) in [4.78, 5) is 44.8. The van der Waals surface area contributed by atoms with E-state index in [1.54, 1.807) is 55.5 Å². The molecule has 0 saturated carbocycles. The van der Waals surface area contributed by atoms with E-state index in [1.807, 2.05) is 0 Å². The van der Waals surface area contributed by atoms with Gasteiger partial charge in [0.2, 0.25) is 0 Å². The maximum Gasteiger partial charge on any atom is 0.301 e. The molecule has 1 aliphatic heterocycles. The summed E-state index contributed by atoms with van der Waals surface area (Å²) in [6.07, 6.45) is 1.93. The Morgan fingerprint density at radius 1 is 1.08 bits per heavy atom. The van der Waals surface area contributed by atoms with Gasteiger partial charge in [0.1, 0.15) is 17.3 Å². The number of hydrogen-bond donors (Lipinski definition) is 1. The normalized spacial score (nSPS) is 16.8. The number of benzene rings is 2. The summed E-state index contributed by atoms with van der Waals surface area (Å²) in [5.41, 5.74) is 1.37. The van der Waals surface area contributed by atoms with Crippen LogP contribution in [0.5, 0.6) is 11.5 Å². The smallest absolute Gasteiger partial charge is 0.301 e. The number of aliphatic hydroxyl groups is 1. The maximum absolute atomic E-state index is 13.3. The Morgan fingerprint density at radius 2 is 1.73 bits per heavy atom. The van der Waals surface area contributed by atoms with Crippen molar-refractivity contribution in [3.05, 3.63) is 75.8 Å². The lowest BCUT2D eigenvalue weighted by Crippen LogP contribution is -2.29. The van der Waals surface area contributed by atoms with Crippen molar-refractivity contribution in [1.82, 2.24) is 4.98 Å². The van der Waals surface area contributed by atoms with Crippen molar-refractivity contribution in [2.75, 3.05) is 18.6 Å². The fourth-order valence-electron chi connectivity index (χ4n) is 4.14. The van der Waals surface area contributed by atoms with E-state index in [2.05, 4.69) is 11.9 Å². The summed E-state index contributed by atoms with van der Waals surface area (Å²) in [5, 5.41) is 11.5. The molecule has 3 aromatic rings. The van der Waals surface area contributed by atoms with Gasteiger partial charge in [0.05, 0.1) is 35.9 Å². The SMILES string of the molecule is CCCCOc1ccc(C2/C(=C(/O)c3ccc(OC)cc3)C(=O)C(=O)N2c2nc(C)c(C(C)=O)s2)cc1. The van der Waals surface area contributed by atoms with E-state index in [0.29, 0.717) is 39.8 Å². The molecule has 192 valence electrons. The monoisotopic (exact) mass is 520 g/mol. The number of carbonyl (C=O) groups is 3. The van der Waals surface area contributed by atoms with Crippen molar-refractivity contribution in [2.45, 2.75) is 39.7 Å². The van der Waals surface area contributed by atoms with Gasteiger partial charge in [-0.1, -0.05) is 36.8 Å². The molecule has 1 aromatic heterocycles. The third-order valence-corrected chi connectivity index (χ3v) is 7.34.